The molecule has 0 spiro atoms. The van der Waals surface area contributed by atoms with Gasteiger partial charge in [0.1, 0.15) is 5.56 Å². The Hall–Kier alpha value is -1.95. The second kappa shape index (κ2) is 6.22. The lowest BCUT2D eigenvalue weighted by Crippen LogP contribution is -2.45. The highest BCUT2D eigenvalue weighted by molar-refractivity contribution is 5.98. The van der Waals surface area contributed by atoms with Crippen molar-refractivity contribution < 1.29 is 9.72 Å². The first kappa shape index (κ1) is 15.4. The van der Waals surface area contributed by atoms with Crippen LogP contribution < -0.4 is 5.73 Å². The normalized spacial score (nSPS) is 20.1. The van der Waals surface area contributed by atoms with Crippen molar-refractivity contribution in [2.45, 2.75) is 32.7 Å². The fourth-order valence-corrected chi connectivity index (χ4v) is 2.87. The third-order valence-electron chi connectivity index (χ3n) is 4.14. The lowest BCUT2D eigenvalue weighted by atomic mass is 9.91. The number of nitrogens with two attached hydrogens (primary N) is 1. The van der Waals surface area contributed by atoms with E-state index in [2.05, 4.69) is 0 Å². The minimum absolute atomic E-state index is 0.0214. The van der Waals surface area contributed by atoms with E-state index in [1.165, 1.54) is 6.07 Å². The van der Waals surface area contributed by atoms with E-state index >= 15 is 0 Å². The number of para-hydroxylation sites is 1. The van der Waals surface area contributed by atoms with Gasteiger partial charge in [-0.1, -0.05) is 12.1 Å². The van der Waals surface area contributed by atoms with Crippen LogP contribution >= 0.6 is 0 Å². The van der Waals surface area contributed by atoms with Crippen molar-refractivity contribution in [2.24, 2.45) is 11.7 Å². The lowest BCUT2D eigenvalue weighted by molar-refractivity contribution is -0.385. The van der Waals surface area contributed by atoms with Gasteiger partial charge in [0, 0.05) is 24.7 Å². The zero-order valence-corrected chi connectivity index (χ0v) is 12.4. The average molecular weight is 291 g/mol. The highest BCUT2D eigenvalue weighted by atomic mass is 16.6. The first-order valence-electron chi connectivity index (χ1n) is 7.20. The molecule has 2 unspecified atom stereocenters. The molecule has 0 aliphatic carbocycles. The molecule has 2 N–H and O–H groups in total. The van der Waals surface area contributed by atoms with E-state index in [-0.39, 0.29) is 29.1 Å². The predicted molar refractivity (Wildman–Crippen MR) is 80.1 cm³/mol. The predicted octanol–water partition coefficient (Wildman–Crippen LogP) is 2.10. The molecule has 6 nitrogen and oxygen atoms in total. The fraction of sp³-hybridized carbons (Fsp3) is 0.533. The molecule has 0 radical (unpaired) electrons. The van der Waals surface area contributed by atoms with Gasteiger partial charge in [0.2, 0.25) is 0 Å². The van der Waals surface area contributed by atoms with Gasteiger partial charge >= 0.3 is 0 Å². The summed E-state index contributed by atoms with van der Waals surface area (Å²) in [6.45, 7) is 4.79. The van der Waals surface area contributed by atoms with Gasteiger partial charge in [-0.25, -0.2) is 0 Å². The SMILES string of the molecule is Cc1cccc(C(=O)N2CCCC(C(C)N)C2)c1[N+](=O)[O-]. The number of amides is 1. The molecule has 114 valence electrons. The van der Waals surface area contributed by atoms with Crippen LogP contribution in [0.4, 0.5) is 5.69 Å². The van der Waals surface area contributed by atoms with E-state index in [1.807, 2.05) is 6.92 Å². The van der Waals surface area contributed by atoms with Crippen molar-refractivity contribution in [3.8, 4) is 0 Å². The molecule has 1 amide bonds. The highest BCUT2D eigenvalue weighted by Crippen LogP contribution is 2.27. The Morgan fingerprint density at radius 2 is 2.24 bits per heavy atom. The molecule has 1 saturated heterocycles. The second-order valence-electron chi connectivity index (χ2n) is 5.74. The summed E-state index contributed by atoms with van der Waals surface area (Å²) in [5.41, 5.74) is 6.51. The summed E-state index contributed by atoms with van der Waals surface area (Å²) in [5, 5.41) is 11.2. The minimum atomic E-state index is -0.477. The van der Waals surface area contributed by atoms with E-state index in [9.17, 15) is 14.9 Å². The zero-order chi connectivity index (χ0) is 15.6. The monoisotopic (exact) mass is 291 g/mol. The number of likely N-dealkylation sites (tertiary alicyclic amines) is 1. The average Bonchev–Trinajstić information content (AvgIpc) is 2.45. The summed E-state index contributed by atoms with van der Waals surface area (Å²) in [6, 6.07) is 4.88. The van der Waals surface area contributed by atoms with E-state index in [0.717, 1.165) is 12.8 Å². The van der Waals surface area contributed by atoms with E-state index in [1.54, 1.807) is 24.0 Å². The Balaban J connectivity index is 2.28. The van der Waals surface area contributed by atoms with Crippen molar-refractivity contribution in [2.75, 3.05) is 13.1 Å². The Morgan fingerprint density at radius 3 is 2.86 bits per heavy atom. The molecule has 1 aliphatic rings. The van der Waals surface area contributed by atoms with Crippen molar-refractivity contribution >= 4 is 11.6 Å². The summed E-state index contributed by atoms with van der Waals surface area (Å²) < 4.78 is 0. The van der Waals surface area contributed by atoms with Gasteiger partial charge in [-0.3, -0.25) is 14.9 Å². The van der Waals surface area contributed by atoms with Crippen molar-refractivity contribution in [3.05, 3.63) is 39.4 Å². The topological polar surface area (TPSA) is 89.5 Å². The van der Waals surface area contributed by atoms with Gasteiger partial charge in [0.15, 0.2) is 0 Å². The van der Waals surface area contributed by atoms with Crippen LogP contribution in [0.15, 0.2) is 18.2 Å². The number of nitrogens with zero attached hydrogens (tertiary/aromatic N) is 2. The summed E-state index contributed by atoms with van der Waals surface area (Å²) in [4.78, 5) is 25.1. The first-order valence-corrected chi connectivity index (χ1v) is 7.20. The van der Waals surface area contributed by atoms with Gasteiger partial charge in [-0.15, -0.1) is 0 Å². The number of piperidine rings is 1. The maximum absolute atomic E-state index is 12.6. The van der Waals surface area contributed by atoms with Gasteiger partial charge < -0.3 is 10.6 Å². The molecule has 21 heavy (non-hydrogen) atoms. The van der Waals surface area contributed by atoms with Crippen LogP contribution in [0.2, 0.25) is 0 Å². The molecule has 0 bridgehead atoms. The maximum atomic E-state index is 12.6. The zero-order valence-electron chi connectivity index (χ0n) is 12.4. The van der Waals surface area contributed by atoms with E-state index in [4.69, 9.17) is 5.73 Å². The molecule has 1 aliphatic heterocycles. The van der Waals surface area contributed by atoms with Gasteiger partial charge in [-0.2, -0.15) is 0 Å². The third-order valence-corrected chi connectivity index (χ3v) is 4.14. The first-order chi connectivity index (χ1) is 9.91. The highest BCUT2D eigenvalue weighted by Gasteiger charge is 2.30. The van der Waals surface area contributed by atoms with Crippen LogP contribution in [0.25, 0.3) is 0 Å². The molecular formula is C15H21N3O3. The van der Waals surface area contributed by atoms with Crippen molar-refractivity contribution in [1.29, 1.82) is 0 Å². The Labute approximate surface area is 124 Å². The molecule has 0 aromatic heterocycles. The van der Waals surface area contributed by atoms with E-state index in [0.29, 0.717) is 18.7 Å². The fourth-order valence-electron chi connectivity index (χ4n) is 2.87. The molecule has 1 aromatic carbocycles. The van der Waals surface area contributed by atoms with Gasteiger partial charge in [0.25, 0.3) is 11.6 Å². The smallest absolute Gasteiger partial charge is 0.285 e. The van der Waals surface area contributed by atoms with Gasteiger partial charge in [0.05, 0.1) is 4.92 Å². The van der Waals surface area contributed by atoms with Crippen molar-refractivity contribution in [1.82, 2.24) is 4.90 Å². The summed E-state index contributed by atoms with van der Waals surface area (Å²) >= 11 is 0. The minimum Gasteiger partial charge on any atom is -0.338 e. The van der Waals surface area contributed by atoms with Crippen LogP contribution in [-0.2, 0) is 0 Å². The number of carbonyl (C=O) groups is 1. The second-order valence-corrected chi connectivity index (χ2v) is 5.74. The van der Waals surface area contributed by atoms with Crippen LogP contribution in [0.1, 0.15) is 35.7 Å². The molecule has 6 heteroatoms. The van der Waals surface area contributed by atoms with Crippen LogP contribution in [0.3, 0.4) is 0 Å². The lowest BCUT2D eigenvalue weighted by Gasteiger charge is -2.34. The maximum Gasteiger partial charge on any atom is 0.285 e. The summed E-state index contributed by atoms with van der Waals surface area (Å²) in [5.74, 6) is -0.0117. The molecular weight excluding hydrogens is 270 g/mol. The number of nitro groups is 1. The Bertz CT molecular complexity index is 557. The van der Waals surface area contributed by atoms with E-state index < -0.39 is 4.92 Å². The molecule has 2 rings (SSSR count). The number of aryl methyl sites for hydroxylation is 1. The van der Waals surface area contributed by atoms with Gasteiger partial charge in [-0.05, 0) is 38.7 Å². The Kier molecular flexibility index (Phi) is 4.57. The number of nitro benzene ring substituents is 1. The molecule has 1 aromatic rings. The molecule has 1 fully saturated rings. The van der Waals surface area contributed by atoms with Crippen LogP contribution in [0.5, 0.6) is 0 Å². The number of carbonyl (C=O) groups excluding carboxylic acids is 1. The number of rotatable bonds is 3. The number of hydrogen-bond donors (Lipinski definition) is 1. The molecule has 2 atom stereocenters. The summed E-state index contributed by atoms with van der Waals surface area (Å²) in [7, 11) is 0. The summed E-state index contributed by atoms with van der Waals surface area (Å²) in [6.07, 6.45) is 1.88. The quantitative estimate of drug-likeness (QED) is 0.682. The standard InChI is InChI=1S/C15H21N3O3/c1-10-5-3-7-13(14(10)18(20)21)15(19)17-8-4-6-12(9-17)11(2)16/h3,5,7,11-12H,4,6,8-9,16H2,1-2H3. The Morgan fingerprint density at radius 1 is 1.52 bits per heavy atom. The van der Waals surface area contributed by atoms with Crippen LogP contribution in [-0.4, -0.2) is 34.9 Å². The molecule has 1 heterocycles. The van der Waals surface area contributed by atoms with Crippen LogP contribution in [0, 0.1) is 23.0 Å². The number of hydrogen-bond acceptors (Lipinski definition) is 4. The number of benzene rings is 1. The largest absolute Gasteiger partial charge is 0.338 e. The molecule has 0 saturated carbocycles. The third kappa shape index (κ3) is 3.21. The van der Waals surface area contributed by atoms with Crippen molar-refractivity contribution in [3.63, 3.8) is 0 Å².